The topological polar surface area (TPSA) is 46.2 Å². The van der Waals surface area contributed by atoms with Gasteiger partial charge in [0.1, 0.15) is 0 Å². The minimum Gasteiger partial charge on any atom is -0.395 e. The second-order valence-corrected chi connectivity index (χ2v) is 3.80. The van der Waals surface area contributed by atoms with Crippen LogP contribution in [0.1, 0.15) is 17.5 Å². The summed E-state index contributed by atoms with van der Waals surface area (Å²) in [5, 5.41) is 9.38. The average molecular weight is 177 g/mol. The van der Waals surface area contributed by atoms with Gasteiger partial charge in [0.25, 0.3) is 0 Å². The molecule has 1 aromatic carbocycles. The number of nitrogens with two attached hydrogens (primary N) is 1. The summed E-state index contributed by atoms with van der Waals surface area (Å²) in [5.41, 5.74) is 8.18. The molecule has 1 aromatic rings. The summed E-state index contributed by atoms with van der Waals surface area (Å²) in [6, 6.07) is 8.28. The number of hydrogen-bond donors (Lipinski definition) is 2. The molecule has 0 aliphatic heterocycles. The van der Waals surface area contributed by atoms with Gasteiger partial charge in [0.2, 0.25) is 0 Å². The molecule has 0 saturated heterocycles. The van der Waals surface area contributed by atoms with Gasteiger partial charge in [-0.2, -0.15) is 0 Å². The molecule has 2 heteroatoms. The van der Waals surface area contributed by atoms with Crippen molar-refractivity contribution in [1.82, 2.24) is 0 Å². The Bertz CT molecular complexity index is 305. The Morgan fingerprint density at radius 3 is 2.85 bits per heavy atom. The molecular weight excluding hydrogens is 162 g/mol. The lowest BCUT2D eigenvalue weighted by Crippen LogP contribution is -2.36. The normalized spacial score (nSPS) is 26.0. The predicted octanol–water partition coefficient (Wildman–Crippen LogP) is 0.822. The van der Waals surface area contributed by atoms with Crippen LogP contribution in [0.3, 0.4) is 0 Å². The summed E-state index contributed by atoms with van der Waals surface area (Å²) in [6.07, 6.45) is 2.03. The second kappa shape index (κ2) is 3.13. The van der Waals surface area contributed by atoms with E-state index in [1.807, 2.05) is 12.1 Å². The van der Waals surface area contributed by atoms with Crippen LogP contribution < -0.4 is 5.73 Å². The number of rotatable bonds is 2. The third-order valence-corrected chi connectivity index (χ3v) is 3.16. The molecule has 0 spiro atoms. The number of fused-ring (bicyclic) bond motifs is 1. The van der Waals surface area contributed by atoms with E-state index in [0.717, 1.165) is 12.8 Å². The average Bonchev–Trinajstić information content (AvgIpc) is 2.58. The Morgan fingerprint density at radius 2 is 2.15 bits per heavy atom. The van der Waals surface area contributed by atoms with Crippen LogP contribution in [0, 0.1) is 0 Å². The van der Waals surface area contributed by atoms with Crippen molar-refractivity contribution >= 4 is 0 Å². The zero-order valence-corrected chi connectivity index (χ0v) is 7.66. The number of aryl methyl sites for hydroxylation is 1. The van der Waals surface area contributed by atoms with Crippen LogP contribution in [-0.4, -0.2) is 18.3 Å². The van der Waals surface area contributed by atoms with E-state index in [2.05, 4.69) is 12.1 Å². The van der Waals surface area contributed by atoms with Gasteiger partial charge in [0, 0.05) is 12.0 Å². The summed E-state index contributed by atoms with van der Waals surface area (Å²) in [5.74, 6) is 0. The van der Waals surface area contributed by atoms with Crippen LogP contribution in [0.25, 0.3) is 0 Å². The zero-order chi connectivity index (χ0) is 9.31. The Hall–Kier alpha value is -0.860. The fraction of sp³-hybridized carbons (Fsp3) is 0.455. The minimum absolute atomic E-state index is 0.156. The van der Waals surface area contributed by atoms with Crippen LogP contribution in [-0.2, 0) is 11.8 Å². The van der Waals surface area contributed by atoms with Crippen LogP contribution in [0.2, 0.25) is 0 Å². The fourth-order valence-corrected chi connectivity index (χ4v) is 2.21. The van der Waals surface area contributed by atoms with Crippen molar-refractivity contribution in [2.24, 2.45) is 5.73 Å². The minimum atomic E-state index is -0.156. The highest BCUT2D eigenvalue weighted by molar-refractivity contribution is 5.39. The van der Waals surface area contributed by atoms with Crippen molar-refractivity contribution in [2.45, 2.75) is 18.3 Å². The first-order valence-electron chi connectivity index (χ1n) is 4.72. The lowest BCUT2D eigenvalue weighted by Gasteiger charge is -2.25. The van der Waals surface area contributed by atoms with Gasteiger partial charge in [-0.05, 0) is 24.0 Å². The number of hydrogen-bond acceptors (Lipinski definition) is 2. The predicted molar refractivity (Wildman–Crippen MR) is 52.6 cm³/mol. The van der Waals surface area contributed by atoms with E-state index in [1.165, 1.54) is 11.1 Å². The monoisotopic (exact) mass is 177 g/mol. The maximum atomic E-state index is 9.38. The van der Waals surface area contributed by atoms with E-state index in [9.17, 15) is 5.11 Å². The van der Waals surface area contributed by atoms with Crippen molar-refractivity contribution in [3.8, 4) is 0 Å². The lowest BCUT2D eigenvalue weighted by molar-refractivity contribution is 0.197. The zero-order valence-electron chi connectivity index (χ0n) is 7.66. The highest BCUT2D eigenvalue weighted by Crippen LogP contribution is 2.37. The Morgan fingerprint density at radius 1 is 1.38 bits per heavy atom. The van der Waals surface area contributed by atoms with Crippen molar-refractivity contribution in [3.63, 3.8) is 0 Å². The van der Waals surface area contributed by atoms with E-state index in [0.29, 0.717) is 6.54 Å². The Balaban J connectivity index is 2.47. The number of aliphatic hydroxyl groups is 1. The van der Waals surface area contributed by atoms with Crippen molar-refractivity contribution in [1.29, 1.82) is 0 Å². The van der Waals surface area contributed by atoms with Crippen molar-refractivity contribution in [2.75, 3.05) is 13.2 Å². The SMILES string of the molecule is NC[C@@]1(CO)CCc2ccccc21. The van der Waals surface area contributed by atoms with Crippen molar-refractivity contribution in [3.05, 3.63) is 35.4 Å². The van der Waals surface area contributed by atoms with Gasteiger partial charge in [-0.3, -0.25) is 0 Å². The summed E-state index contributed by atoms with van der Waals surface area (Å²) in [6.45, 7) is 0.709. The Kier molecular flexibility index (Phi) is 2.10. The molecule has 0 amide bonds. The molecule has 2 nitrogen and oxygen atoms in total. The van der Waals surface area contributed by atoms with Gasteiger partial charge in [-0.1, -0.05) is 24.3 Å². The van der Waals surface area contributed by atoms with E-state index < -0.39 is 0 Å². The molecule has 0 aromatic heterocycles. The maximum absolute atomic E-state index is 9.38. The molecule has 0 unspecified atom stereocenters. The highest BCUT2D eigenvalue weighted by Gasteiger charge is 2.36. The van der Waals surface area contributed by atoms with E-state index in [1.54, 1.807) is 0 Å². The molecule has 1 aliphatic carbocycles. The molecule has 1 atom stereocenters. The van der Waals surface area contributed by atoms with Crippen LogP contribution in [0.15, 0.2) is 24.3 Å². The first-order chi connectivity index (χ1) is 6.32. The summed E-state index contributed by atoms with van der Waals surface area (Å²) >= 11 is 0. The van der Waals surface area contributed by atoms with Gasteiger partial charge in [-0.25, -0.2) is 0 Å². The molecule has 13 heavy (non-hydrogen) atoms. The number of aliphatic hydroxyl groups excluding tert-OH is 1. The molecule has 70 valence electrons. The summed E-state index contributed by atoms with van der Waals surface area (Å²) < 4.78 is 0. The second-order valence-electron chi connectivity index (χ2n) is 3.80. The molecule has 2 rings (SSSR count). The Labute approximate surface area is 78.4 Å². The smallest absolute Gasteiger partial charge is 0.0540 e. The molecule has 0 fully saturated rings. The standard InChI is InChI=1S/C11H15NO/c12-7-11(8-13)6-5-9-3-1-2-4-10(9)11/h1-4,13H,5-8,12H2/t11-/m1/s1. The summed E-state index contributed by atoms with van der Waals surface area (Å²) in [7, 11) is 0. The van der Waals surface area contributed by atoms with Crippen LogP contribution in [0.5, 0.6) is 0 Å². The highest BCUT2D eigenvalue weighted by atomic mass is 16.3. The third kappa shape index (κ3) is 1.18. The molecular formula is C11H15NO. The van der Waals surface area contributed by atoms with Gasteiger partial charge in [-0.15, -0.1) is 0 Å². The molecule has 3 N–H and O–H groups in total. The van der Waals surface area contributed by atoms with Gasteiger partial charge < -0.3 is 10.8 Å². The van der Waals surface area contributed by atoms with Crippen LogP contribution in [0.4, 0.5) is 0 Å². The molecule has 0 radical (unpaired) electrons. The fourth-order valence-electron chi connectivity index (χ4n) is 2.21. The quantitative estimate of drug-likeness (QED) is 0.702. The molecule has 1 aliphatic rings. The molecule has 0 heterocycles. The number of benzene rings is 1. The first-order valence-corrected chi connectivity index (χ1v) is 4.72. The van der Waals surface area contributed by atoms with E-state index in [-0.39, 0.29) is 12.0 Å². The van der Waals surface area contributed by atoms with Crippen molar-refractivity contribution < 1.29 is 5.11 Å². The maximum Gasteiger partial charge on any atom is 0.0540 e. The van der Waals surface area contributed by atoms with Gasteiger partial charge in [0.15, 0.2) is 0 Å². The van der Waals surface area contributed by atoms with Gasteiger partial charge >= 0.3 is 0 Å². The summed E-state index contributed by atoms with van der Waals surface area (Å²) in [4.78, 5) is 0. The lowest BCUT2D eigenvalue weighted by atomic mass is 9.83. The molecule has 0 bridgehead atoms. The third-order valence-electron chi connectivity index (χ3n) is 3.16. The van der Waals surface area contributed by atoms with Gasteiger partial charge in [0.05, 0.1) is 6.61 Å². The van der Waals surface area contributed by atoms with E-state index in [4.69, 9.17) is 5.73 Å². The largest absolute Gasteiger partial charge is 0.395 e. The first kappa shape index (κ1) is 8.73. The van der Waals surface area contributed by atoms with E-state index >= 15 is 0 Å². The molecule has 0 saturated carbocycles. The van der Waals surface area contributed by atoms with Crippen LogP contribution >= 0.6 is 0 Å².